The van der Waals surface area contributed by atoms with Gasteiger partial charge in [0.25, 0.3) is 5.91 Å². The van der Waals surface area contributed by atoms with Crippen LogP contribution in [0.5, 0.6) is 0 Å². The standard InChI is InChI=1S/C26H18Cl2N4O2/c27-22-11-10-20(13-23(22)28)31-26(34)17(14-29)12-18-15-32(24-9-5-4-8-21(18)24)16-25(33)30-19-6-2-1-3-7-19/h1-13,15H,16H2,(H,30,33)(H,31,34)/b17-12+. The van der Waals surface area contributed by atoms with E-state index in [9.17, 15) is 14.9 Å². The molecule has 0 atom stereocenters. The molecule has 0 saturated heterocycles. The summed E-state index contributed by atoms with van der Waals surface area (Å²) in [6.45, 7) is 0.0700. The molecular formula is C26H18Cl2N4O2. The molecular weight excluding hydrogens is 471 g/mol. The van der Waals surface area contributed by atoms with Gasteiger partial charge in [0.1, 0.15) is 18.2 Å². The van der Waals surface area contributed by atoms with Crippen LogP contribution in [-0.4, -0.2) is 16.4 Å². The Labute approximate surface area is 206 Å². The van der Waals surface area contributed by atoms with Crippen LogP contribution >= 0.6 is 23.2 Å². The van der Waals surface area contributed by atoms with Crippen molar-refractivity contribution < 1.29 is 9.59 Å². The van der Waals surface area contributed by atoms with Crippen LogP contribution in [0.2, 0.25) is 10.0 Å². The van der Waals surface area contributed by atoms with Crippen molar-refractivity contribution in [2.24, 2.45) is 0 Å². The van der Waals surface area contributed by atoms with Crippen molar-refractivity contribution in [2.75, 3.05) is 10.6 Å². The fraction of sp³-hybridized carbons (Fsp3) is 0.0385. The van der Waals surface area contributed by atoms with E-state index in [1.807, 2.05) is 60.7 Å². The van der Waals surface area contributed by atoms with Crippen LogP contribution < -0.4 is 10.6 Å². The first kappa shape index (κ1) is 23.1. The van der Waals surface area contributed by atoms with Crippen molar-refractivity contribution in [1.29, 1.82) is 5.26 Å². The normalized spacial score (nSPS) is 11.1. The molecule has 0 unspecified atom stereocenters. The average molecular weight is 489 g/mol. The van der Waals surface area contributed by atoms with Crippen LogP contribution in [0, 0.1) is 11.3 Å². The number of halogens is 2. The predicted molar refractivity (Wildman–Crippen MR) is 136 cm³/mol. The molecule has 168 valence electrons. The fourth-order valence-electron chi connectivity index (χ4n) is 3.47. The van der Waals surface area contributed by atoms with Crippen molar-refractivity contribution in [2.45, 2.75) is 6.54 Å². The highest BCUT2D eigenvalue weighted by Gasteiger charge is 2.14. The number of fused-ring (bicyclic) bond motifs is 1. The van der Waals surface area contributed by atoms with E-state index in [1.54, 1.807) is 22.9 Å². The highest BCUT2D eigenvalue weighted by molar-refractivity contribution is 6.42. The summed E-state index contributed by atoms with van der Waals surface area (Å²) < 4.78 is 1.78. The molecule has 6 nitrogen and oxygen atoms in total. The second-order valence-electron chi connectivity index (χ2n) is 7.40. The lowest BCUT2D eigenvalue weighted by Crippen LogP contribution is -2.18. The molecule has 4 aromatic rings. The zero-order valence-corrected chi connectivity index (χ0v) is 19.3. The summed E-state index contributed by atoms with van der Waals surface area (Å²) in [5, 5.41) is 16.6. The van der Waals surface area contributed by atoms with E-state index in [2.05, 4.69) is 10.6 Å². The largest absolute Gasteiger partial charge is 0.337 e. The van der Waals surface area contributed by atoms with Gasteiger partial charge in [0.15, 0.2) is 0 Å². The summed E-state index contributed by atoms with van der Waals surface area (Å²) in [5.41, 5.74) is 2.47. The molecule has 0 saturated carbocycles. The van der Waals surface area contributed by atoms with Gasteiger partial charge in [0.05, 0.1) is 10.0 Å². The monoisotopic (exact) mass is 488 g/mol. The summed E-state index contributed by atoms with van der Waals surface area (Å²) in [6.07, 6.45) is 3.25. The van der Waals surface area contributed by atoms with Gasteiger partial charge in [-0.15, -0.1) is 0 Å². The second kappa shape index (κ2) is 10.3. The molecule has 0 radical (unpaired) electrons. The maximum atomic E-state index is 12.7. The minimum absolute atomic E-state index is 0.0700. The van der Waals surface area contributed by atoms with E-state index in [1.165, 1.54) is 12.1 Å². The van der Waals surface area contributed by atoms with Crippen molar-refractivity contribution in [3.05, 3.63) is 100 Å². The van der Waals surface area contributed by atoms with Crippen molar-refractivity contribution in [3.8, 4) is 6.07 Å². The number of amides is 2. The Morgan fingerprint density at radius 2 is 1.65 bits per heavy atom. The minimum Gasteiger partial charge on any atom is -0.337 e. The SMILES string of the molecule is N#C/C(=C\c1cn(CC(=O)Nc2ccccc2)c2ccccc12)C(=O)Nc1ccc(Cl)c(Cl)c1. The predicted octanol–water partition coefficient (Wildman–Crippen LogP) is 6.13. The molecule has 2 amide bonds. The number of carbonyl (C=O) groups is 2. The zero-order chi connectivity index (χ0) is 24.1. The Hall–Kier alpha value is -4.05. The van der Waals surface area contributed by atoms with Gasteiger partial charge in [0.2, 0.25) is 5.91 Å². The lowest BCUT2D eigenvalue weighted by Gasteiger charge is -2.07. The number of nitriles is 1. The van der Waals surface area contributed by atoms with Gasteiger partial charge in [-0.3, -0.25) is 9.59 Å². The molecule has 4 rings (SSSR count). The third-order valence-electron chi connectivity index (χ3n) is 5.03. The molecule has 1 aromatic heterocycles. The fourth-order valence-corrected chi connectivity index (χ4v) is 3.77. The quantitative estimate of drug-likeness (QED) is 0.252. The first-order valence-corrected chi connectivity index (χ1v) is 11.0. The van der Waals surface area contributed by atoms with Crippen LogP contribution in [0.3, 0.4) is 0 Å². The van der Waals surface area contributed by atoms with E-state index in [0.717, 1.165) is 10.9 Å². The number of nitrogens with one attached hydrogen (secondary N) is 2. The molecule has 0 aliphatic heterocycles. The second-order valence-corrected chi connectivity index (χ2v) is 8.21. The van der Waals surface area contributed by atoms with E-state index in [0.29, 0.717) is 27.0 Å². The summed E-state index contributed by atoms with van der Waals surface area (Å²) in [7, 11) is 0. The van der Waals surface area contributed by atoms with Gasteiger partial charge in [-0.05, 0) is 42.5 Å². The van der Waals surface area contributed by atoms with Crippen molar-refractivity contribution in [1.82, 2.24) is 4.57 Å². The molecule has 0 spiro atoms. The Kier molecular flexibility index (Phi) is 6.98. The lowest BCUT2D eigenvalue weighted by atomic mass is 10.1. The van der Waals surface area contributed by atoms with Gasteiger partial charge < -0.3 is 15.2 Å². The number of anilines is 2. The Bertz CT molecular complexity index is 1450. The van der Waals surface area contributed by atoms with E-state index >= 15 is 0 Å². The summed E-state index contributed by atoms with van der Waals surface area (Å²) in [6, 6.07) is 23.3. The zero-order valence-electron chi connectivity index (χ0n) is 17.8. The van der Waals surface area contributed by atoms with Gasteiger partial charge in [-0.25, -0.2) is 0 Å². The Morgan fingerprint density at radius 1 is 0.912 bits per heavy atom. The van der Waals surface area contributed by atoms with Crippen LogP contribution in [0.1, 0.15) is 5.56 Å². The Morgan fingerprint density at radius 3 is 2.38 bits per heavy atom. The van der Waals surface area contributed by atoms with Gasteiger partial charge in [-0.2, -0.15) is 5.26 Å². The number of carbonyl (C=O) groups excluding carboxylic acids is 2. The average Bonchev–Trinajstić information content (AvgIpc) is 3.17. The van der Waals surface area contributed by atoms with Crippen molar-refractivity contribution in [3.63, 3.8) is 0 Å². The van der Waals surface area contributed by atoms with Gasteiger partial charge in [-0.1, -0.05) is 59.6 Å². The molecule has 2 N–H and O–H groups in total. The number of rotatable bonds is 6. The van der Waals surface area contributed by atoms with E-state index in [4.69, 9.17) is 23.2 Å². The van der Waals surface area contributed by atoms with Crippen LogP contribution in [0.4, 0.5) is 11.4 Å². The number of benzene rings is 3. The van der Waals surface area contributed by atoms with Crippen LogP contribution in [0.15, 0.2) is 84.6 Å². The first-order valence-electron chi connectivity index (χ1n) is 10.3. The van der Waals surface area contributed by atoms with Crippen LogP contribution in [-0.2, 0) is 16.1 Å². The summed E-state index contributed by atoms with van der Waals surface area (Å²) in [5.74, 6) is -0.778. The number of aromatic nitrogens is 1. The maximum absolute atomic E-state index is 12.7. The third-order valence-corrected chi connectivity index (χ3v) is 5.77. The van der Waals surface area contributed by atoms with E-state index < -0.39 is 5.91 Å². The minimum atomic E-state index is -0.584. The highest BCUT2D eigenvalue weighted by atomic mass is 35.5. The highest BCUT2D eigenvalue weighted by Crippen LogP contribution is 2.26. The number of hydrogen-bond acceptors (Lipinski definition) is 3. The van der Waals surface area contributed by atoms with Crippen molar-refractivity contribution >= 4 is 63.4 Å². The van der Waals surface area contributed by atoms with E-state index in [-0.39, 0.29) is 18.0 Å². The number of hydrogen-bond donors (Lipinski definition) is 2. The summed E-state index contributed by atoms with van der Waals surface area (Å²) >= 11 is 11.9. The smallest absolute Gasteiger partial charge is 0.266 e. The Balaban J connectivity index is 1.60. The first-order chi connectivity index (χ1) is 16.4. The summed E-state index contributed by atoms with van der Waals surface area (Å²) in [4.78, 5) is 25.3. The molecule has 34 heavy (non-hydrogen) atoms. The molecule has 3 aromatic carbocycles. The van der Waals surface area contributed by atoms with Crippen LogP contribution in [0.25, 0.3) is 17.0 Å². The third kappa shape index (κ3) is 5.29. The lowest BCUT2D eigenvalue weighted by molar-refractivity contribution is -0.116. The molecule has 0 aliphatic carbocycles. The van der Waals surface area contributed by atoms with Gasteiger partial charge in [0, 0.05) is 34.0 Å². The molecule has 1 heterocycles. The number of para-hydroxylation sites is 2. The molecule has 0 fully saturated rings. The molecule has 0 bridgehead atoms. The number of nitrogens with zero attached hydrogens (tertiary/aromatic N) is 2. The topological polar surface area (TPSA) is 86.9 Å². The molecule has 8 heteroatoms. The molecule has 0 aliphatic rings. The van der Waals surface area contributed by atoms with Gasteiger partial charge >= 0.3 is 0 Å². The maximum Gasteiger partial charge on any atom is 0.266 e.